The molecule has 6 heteroatoms. The Labute approximate surface area is 477 Å². The van der Waals surface area contributed by atoms with E-state index in [1.165, 1.54) is 154 Å². The lowest BCUT2D eigenvalue weighted by molar-refractivity contribution is -0.167. The fraction of sp³-hybridized carbons (Fsp3) is 0.732. The van der Waals surface area contributed by atoms with Gasteiger partial charge in [-0.05, 0) is 116 Å². The fourth-order valence-electron chi connectivity index (χ4n) is 9.21. The standard InChI is InChI=1S/C71H122O6/c1-4-7-10-13-16-19-22-25-27-28-29-30-31-32-33-34-35-36-37-38-39-40-41-42-44-46-49-52-55-58-61-64-70(73)76-67-68(66-75-69(72)63-60-57-54-51-48-45-24-21-18-15-12-9-6-3)77-71(74)65-62-59-56-53-50-47-43-26-23-20-17-14-11-8-5-2/h7,9-10,12,16,18-19,21,25-27,29-30,43,45,48,68H,4-6,8,11,13-15,17,20,22-24,28,31-42,44,46-47,49-67H2,1-3H3/b10-7-,12-9-,19-16-,21-18-,27-25-,30-29-,43-26-,48-45-. The van der Waals surface area contributed by atoms with Crippen LogP contribution in [0.5, 0.6) is 0 Å². The topological polar surface area (TPSA) is 78.9 Å². The number of hydrogen-bond acceptors (Lipinski definition) is 6. The van der Waals surface area contributed by atoms with Crippen molar-refractivity contribution in [2.24, 2.45) is 0 Å². The van der Waals surface area contributed by atoms with Crippen LogP contribution in [0.2, 0.25) is 0 Å². The molecule has 1 unspecified atom stereocenters. The van der Waals surface area contributed by atoms with Gasteiger partial charge in [-0.1, -0.05) is 279 Å². The summed E-state index contributed by atoms with van der Waals surface area (Å²) in [5, 5.41) is 0. The average Bonchev–Trinajstić information content (AvgIpc) is 3.43. The van der Waals surface area contributed by atoms with E-state index in [1.807, 2.05) is 0 Å². The van der Waals surface area contributed by atoms with Crippen LogP contribution in [0.15, 0.2) is 97.2 Å². The van der Waals surface area contributed by atoms with Crippen LogP contribution in [-0.4, -0.2) is 37.2 Å². The molecule has 0 aromatic carbocycles. The second-order valence-corrected chi connectivity index (χ2v) is 21.6. The van der Waals surface area contributed by atoms with Gasteiger partial charge >= 0.3 is 17.9 Å². The van der Waals surface area contributed by atoms with Crippen molar-refractivity contribution < 1.29 is 28.6 Å². The Kier molecular flexibility index (Phi) is 61.8. The van der Waals surface area contributed by atoms with Crippen LogP contribution < -0.4 is 0 Å². The molecular weight excluding hydrogens is 949 g/mol. The minimum Gasteiger partial charge on any atom is -0.462 e. The van der Waals surface area contributed by atoms with Crippen LogP contribution >= 0.6 is 0 Å². The van der Waals surface area contributed by atoms with Gasteiger partial charge in [0.2, 0.25) is 0 Å². The maximum atomic E-state index is 12.9. The van der Waals surface area contributed by atoms with Crippen LogP contribution in [0.4, 0.5) is 0 Å². The highest BCUT2D eigenvalue weighted by atomic mass is 16.6. The number of rotatable bonds is 59. The van der Waals surface area contributed by atoms with Gasteiger partial charge in [0.1, 0.15) is 13.2 Å². The molecule has 77 heavy (non-hydrogen) atoms. The number of unbranched alkanes of at least 4 members (excludes halogenated alkanes) is 32. The van der Waals surface area contributed by atoms with E-state index in [-0.39, 0.29) is 31.1 Å². The molecule has 0 saturated heterocycles. The summed E-state index contributed by atoms with van der Waals surface area (Å²) in [6, 6.07) is 0. The number of ether oxygens (including phenoxy) is 3. The molecule has 0 fully saturated rings. The number of hydrogen-bond donors (Lipinski definition) is 0. The first kappa shape index (κ1) is 73.3. The molecule has 442 valence electrons. The van der Waals surface area contributed by atoms with Crippen molar-refractivity contribution in [1.82, 2.24) is 0 Å². The molecule has 0 aliphatic carbocycles. The Morgan fingerprint density at radius 1 is 0.273 bits per heavy atom. The maximum absolute atomic E-state index is 12.9. The summed E-state index contributed by atoms with van der Waals surface area (Å²) < 4.78 is 16.9. The summed E-state index contributed by atoms with van der Waals surface area (Å²) in [5.41, 5.74) is 0. The highest BCUT2D eigenvalue weighted by Gasteiger charge is 2.19. The summed E-state index contributed by atoms with van der Waals surface area (Å²) in [4.78, 5) is 38.2. The molecule has 0 aliphatic rings. The second-order valence-electron chi connectivity index (χ2n) is 21.6. The van der Waals surface area contributed by atoms with Crippen molar-refractivity contribution in [2.75, 3.05) is 13.2 Å². The van der Waals surface area contributed by atoms with Gasteiger partial charge in [0.15, 0.2) is 6.10 Å². The van der Waals surface area contributed by atoms with E-state index in [9.17, 15) is 14.4 Å². The molecule has 0 aromatic heterocycles. The SMILES string of the molecule is CC/C=C\C/C=C\C/C=C\C/C=C\CCCCCCCCCCCCCCCCCCCCC(=O)OCC(COC(=O)CCCCC/C=C\C/C=C\C/C=C\CC)OC(=O)CCCCCCC/C=C\CCCCCCCC. The van der Waals surface area contributed by atoms with Gasteiger partial charge in [0, 0.05) is 19.3 Å². The lowest BCUT2D eigenvalue weighted by Gasteiger charge is -2.18. The molecular formula is C71H122O6. The lowest BCUT2D eigenvalue weighted by atomic mass is 10.0. The molecule has 0 amide bonds. The highest BCUT2D eigenvalue weighted by Crippen LogP contribution is 2.17. The third-order valence-electron chi connectivity index (χ3n) is 14.1. The van der Waals surface area contributed by atoms with Gasteiger partial charge in [-0.15, -0.1) is 0 Å². The van der Waals surface area contributed by atoms with Crippen LogP contribution in [0.25, 0.3) is 0 Å². The lowest BCUT2D eigenvalue weighted by Crippen LogP contribution is -2.30. The molecule has 6 nitrogen and oxygen atoms in total. The molecule has 0 heterocycles. The molecule has 0 aliphatic heterocycles. The summed E-state index contributed by atoms with van der Waals surface area (Å²) in [6.07, 6.45) is 87.2. The third-order valence-corrected chi connectivity index (χ3v) is 14.1. The minimum absolute atomic E-state index is 0.0875. The van der Waals surface area contributed by atoms with Gasteiger partial charge in [-0.2, -0.15) is 0 Å². The molecule has 0 aromatic rings. The van der Waals surface area contributed by atoms with Crippen LogP contribution in [-0.2, 0) is 28.6 Å². The molecule has 0 rings (SSSR count). The maximum Gasteiger partial charge on any atom is 0.306 e. The molecule has 0 spiro atoms. The average molecular weight is 1070 g/mol. The molecule has 0 radical (unpaired) electrons. The zero-order valence-corrected chi connectivity index (χ0v) is 50.7. The summed E-state index contributed by atoms with van der Waals surface area (Å²) in [5.74, 6) is -0.916. The predicted octanol–water partition coefficient (Wildman–Crippen LogP) is 22.4. The van der Waals surface area contributed by atoms with E-state index >= 15 is 0 Å². The first-order chi connectivity index (χ1) is 38.0. The van der Waals surface area contributed by atoms with Crippen molar-refractivity contribution in [2.45, 2.75) is 322 Å². The number of allylic oxidation sites excluding steroid dienone is 16. The largest absolute Gasteiger partial charge is 0.462 e. The van der Waals surface area contributed by atoms with Crippen molar-refractivity contribution >= 4 is 17.9 Å². The second kappa shape index (κ2) is 64.9. The van der Waals surface area contributed by atoms with Gasteiger partial charge < -0.3 is 14.2 Å². The summed E-state index contributed by atoms with van der Waals surface area (Å²) in [6.45, 7) is 6.40. The molecule has 0 saturated carbocycles. The van der Waals surface area contributed by atoms with E-state index in [1.54, 1.807) is 0 Å². The summed E-state index contributed by atoms with van der Waals surface area (Å²) >= 11 is 0. The Morgan fingerprint density at radius 3 is 0.818 bits per heavy atom. The smallest absolute Gasteiger partial charge is 0.306 e. The Bertz CT molecular complexity index is 1510. The number of carbonyl (C=O) groups is 3. The zero-order chi connectivity index (χ0) is 55.7. The Balaban J connectivity index is 4.19. The predicted molar refractivity (Wildman–Crippen MR) is 334 cm³/mol. The van der Waals surface area contributed by atoms with Crippen LogP contribution in [0.3, 0.4) is 0 Å². The highest BCUT2D eigenvalue weighted by molar-refractivity contribution is 5.71. The van der Waals surface area contributed by atoms with Crippen molar-refractivity contribution in [3.63, 3.8) is 0 Å². The van der Waals surface area contributed by atoms with E-state index in [4.69, 9.17) is 14.2 Å². The van der Waals surface area contributed by atoms with Crippen molar-refractivity contribution in [1.29, 1.82) is 0 Å². The summed E-state index contributed by atoms with van der Waals surface area (Å²) in [7, 11) is 0. The molecule has 1 atom stereocenters. The first-order valence-electron chi connectivity index (χ1n) is 32.7. The Morgan fingerprint density at radius 2 is 0.506 bits per heavy atom. The fourth-order valence-corrected chi connectivity index (χ4v) is 9.21. The van der Waals surface area contributed by atoms with E-state index in [0.717, 1.165) is 122 Å². The number of carbonyl (C=O) groups excluding carboxylic acids is 3. The Hall–Kier alpha value is -3.67. The monoisotopic (exact) mass is 1070 g/mol. The zero-order valence-electron chi connectivity index (χ0n) is 50.7. The van der Waals surface area contributed by atoms with Crippen molar-refractivity contribution in [3.8, 4) is 0 Å². The quantitative estimate of drug-likeness (QED) is 0.0261. The molecule has 0 bridgehead atoms. The number of esters is 3. The molecule has 0 N–H and O–H groups in total. The minimum atomic E-state index is -0.793. The van der Waals surface area contributed by atoms with Gasteiger partial charge in [0.25, 0.3) is 0 Å². The van der Waals surface area contributed by atoms with Crippen LogP contribution in [0.1, 0.15) is 316 Å². The van der Waals surface area contributed by atoms with E-state index in [0.29, 0.717) is 19.3 Å². The van der Waals surface area contributed by atoms with Crippen molar-refractivity contribution in [3.05, 3.63) is 97.2 Å². The van der Waals surface area contributed by atoms with Gasteiger partial charge in [-0.25, -0.2) is 0 Å². The normalized spacial score (nSPS) is 12.7. The first-order valence-corrected chi connectivity index (χ1v) is 32.7. The van der Waals surface area contributed by atoms with Gasteiger partial charge in [0.05, 0.1) is 0 Å². The van der Waals surface area contributed by atoms with E-state index in [2.05, 4.69) is 118 Å². The van der Waals surface area contributed by atoms with Crippen LogP contribution in [0, 0.1) is 0 Å². The van der Waals surface area contributed by atoms with Gasteiger partial charge in [-0.3, -0.25) is 14.4 Å². The van der Waals surface area contributed by atoms with E-state index < -0.39 is 6.10 Å². The third kappa shape index (κ3) is 63.0.